The summed E-state index contributed by atoms with van der Waals surface area (Å²) >= 11 is 0. The Hall–Kier alpha value is -3.43. The zero-order valence-corrected chi connectivity index (χ0v) is 15.9. The number of nitrogens with zero attached hydrogens (tertiary/aromatic N) is 1. The van der Waals surface area contributed by atoms with Gasteiger partial charge in [0, 0.05) is 16.8 Å². The molecule has 0 fully saturated rings. The SMILES string of the molecule is CC(C)(OOC(=O)CC(N)C(=O)O)c1cc2oc(-c3ccccc3)nc2cc1N. The summed E-state index contributed by atoms with van der Waals surface area (Å²) in [4.78, 5) is 36.9. The van der Waals surface area contributed by atoms with Crippen molar-refractivity contribution in [3.63, 3.8) is 0 Å². The van der Waals surface area contributed by atoms with Crippen molar-refractivity contribution in [1.29, 1.82) is 0 Å². The number of anilines is 1. The van der Waals surface area contributed by atoms with Crippen LogP contribution in [0.5, 0.6) is 0 Å². The van der Waals surface area contributed by atoms with Crippen LogP contribution in [0.25, 0.3) is 22.6 Å². The number of hydrogen-bond donors (Lipinski definition) is 3. The van der Waals surface area contributed by atoms with Crippen LogP contribution in [0, 0.1) is 0 Å². The molecular weight excluding hydrogens is 378 g/mol. The zero-order valence-electron chi connectivity index (χ0n) is 15.9. The number of hydrogen-bond acceptors (Lipinski definition) is 8. The maximum atomic E-state index is 11.7. The fraction of sp³-hybridized carbons (Fsp3) is 0.250. The second-order valence-electron chi connectivity index (χ2n) is 6.99. The van der Waals surface area contributed by atoms with Crippen LogP contribution in [0.1, 0.15) is 25.8 Å². The highest BCUT2D eigenvalue weighted by Gasteiger charge is 2.29. The number of carbonyl (C=O) groups excluding carboxylic acids is 1. The van der Waals surface area contributed by atoms with Gasteiger partial charge in [-0.3, -0.25) is 9.68 Å². The molecule has 0 radical (unpaired) electrons. The third-order valence-electron chi connectivity index (χ3n) is 4.28. The van der Waals surface area contributed by atoms with E-state index >= 15 is 0 Å². The summed E-state index contributed by atoms with van der Waals surface area (Å²) in [5.41, 5.74) is 13.1. The van der Waals surface area contributed by atoms with E-state index in [1.54, 1.807) is 26.0 Å². The number of benzene rings is 2. The quantitative estimate of drug-likeness (QED) is 0.309. The van der Waals surface area contributed by atoms with E-state index in [4.69, 9.17) is 30.8 Å². The molecule has 2 aromatic carbocycles. The molecule has 0 aliphatic rings. The molecule has 9 heteroatoms. The minimum absolute atomic E-state index is 0.369. The number of aliphatic carboxylic acids is 1. The summed E-state index contributed by atoms with van der Waals surface area (Å²) in [6.07, 6.45) is -0.525. The molecule has 1 heterocycles. The van der Waals surface area contributed by atoms with Crippen molar-refractivity contribution in [3.05, 3.63) is 48.0 Å². The summed E-state index contributed by atoms with van der Waals surface area (Å²) in [5.74, 6) is -1.76. The van der Waals surface area contributed by atoms with Crippen LogP contribution >= 0.6 is 0 Å². The lowest BCUT2D eigenvalue weighted by atomic mass is 9.96. The van der Waals surface area contributed by atoms with E-state index in [-0.39, 0.29) is 0 Å². The van der Waals surface area contributed by atoms with Gasteiger partial charge < -0.3 is 21.0 Å². The van der Waals surface area contributed by atoms with Crippen LogP contribution < -0.4 is 11.5 Å². The fourth-order valence-electron chi connectivity index (χ4n) is 2.71. The van der Waals surface area contributed by atoms with Crippen LogP contribution in [0.3, 0.4) is 0 Å². The van der Waals surface area contributed by atoms with Gasteiger partial charge in [0.25, 0.3) is 0 Å². The number of carboxylic acids is 1. The lowest BCUT2D eigenvalue weighted by Crippen LogP contribution is -2.34. The van der Waals surface area contributed by atoms with Crippen LogP contribution in [0.2, 0.25) is 0 Å². The van der Waals surface area contributed by atoms with Crippen molar-refractivity contribution >= 4 is 28.7 Å². The monoisotopic (exact) mass is 399 g/mol. The van der Waals surface area contributed by atoms with Gasteiger partial charge in [0.2, 0.25) is 5.89 Å². The Bertz CT molecular complexity index is 1050. The van der Waals surface area contributed by atoms with Gasteiger partial charge in [0.15, 0.2) is 5.58 Å². The standard InChI is InChI=1S/C20H21N3O6/c1-20(2,29-28-17(24)10-14(22)19(25)26)12-8-16-15(9-13(12)21)23-18(27-16)11-6-4-3-5-7-11/h3-9,14H,10,21-22H2,1-2H3,(H,25,26). The average Bonchev–Trinajstić information content (AvgIpc) is 3.09. The lowest BCUT2D eigenvalue weighted by Gasteiger charge is -2.24. The van der Waals surface area contributed by atoms with Crippen LogP contribution in [-0.4, -0.2) is 28.1 Å². The van der Waals surface area contributed by atoms with E-state index in [0.29, 0.717) is 28.2 Å². The molecule has 29 heavy (non-hydrogen) atoms. The molecule has 1 atom stereocenters. The number of oxazole rings is 1. The van der Waals surface area contributed by atoms with Crippen molar-refractivity contribution in [2.45, 2.75) is 31.9 Å². The summed E-state index contributed by atoms with van der Waals surface area (Å²) in [6.45, 7) is 3.28. The van der Waals surface area contributed by atoms with Crippen molar-refractivity contribution in [2.24, 2.45) is 5.73 Å². The lowest BCUT2D eigenvalue weighted by molar-refractivity contribution is -0.329. The third kappa shape index (κ3) is 4.53. The van der Waals surface area contributed by atoms with Crippen LogP contribution in [0.4, 0.5) is 5.69 Å². The first-order valence-electron chi connectivity index (χ1n) is 8.80. The molecule has 0 spiro atoms. The number of nitrogens with two attached hydrogens (primary N) is 2. The Morgan fingerprint density at radius 2 is 1.93 bits per heavy atom. The van der Waals surface area contributed by atoms with Crippen molar-refractivity contribution in [1.82, 2.24) is 4.98 Å². The predicted octanol–water partition coefficient (Wildman–Crippen LogP) is 2.59. The molecule has 0 saturated heterocycles. The first-order valence-corrected chi connectivity index (χ1v) is 8.80. The molecule has 3 aromatic rings. The molecule has 0 aliphatic heterocycles. The van der Waals surface area contributed by atoms with Crippen LogP contribution in [-0.2, 0) is 25.0 Å². The number of carbonyl (C=O) groups is 2. The summed E-state index contributed by atoms with van der Waals surface area (Å²) in [5, 5.41) is 8.75. The number of fused-ring (bicyclic) bond motifs is 1. The van der Waals surface area contributed by atoms with Gasteiger partial charge in [-0.2, -0.15) is 4.89 Å². The average molecular weight is 399 g/mol. The first-order chi connectivity index (χ1) is 13.7. The van der Waals surface area contributed by atoms with E-state index in [9.17, 15) is 9.59 Å². The predicted molar refractivity (Wildman–Crippen MR) is 104 cm³/mol. The van der Waals surface area contributed by atoms with E-state index in [1.165, 1.54) is 0 Å². The third-order valence-corrected chi connectivity index (χ3v) is 4.28. The van der Waals surface area contributed by atoms with Gasteiger partial charge in [-0.15, -0.1) is 0 Å². The Kier molecular flexibility index (Phi) is 5.53. The molecule has 152 valence electrons. The van der Waals surface area contributed by atoms with Crippen LogP contribution in [0.15, 0.2) is 46.9 Å². The van der Waals surface area contributed by atoms with Crippen molar-refractivity contribution in [2.75, 3.05) is 5.73 Å². The van der Waals surface area contributed by atoms with Gasteiger partial charge in [-0.25, -0.2) is 9.78 Å². The molecule has 5 N–H and O–H groups in total. The Balaban J connectivity index is 1.81. The molecule has 3 rings (SSSR count). The number of carboxylic acid groups (broad SMARTS) is 1. The summed E-state index contributed by atoms with van der Waals surface area (Å²) < 4.78 is 5.84. The van der Waals surface area contributed by atoms with E-state index in [0.717, 1.165) is 5.56 Å². The van der Waals surface area contributed by atoms with E-state index in [2.05, 4.69) is 4.98 Å². The van der Waals surface area contributed by atoms with Gasteiger partial charge in [-0.05, 0) is 38.1 Å². The second-order valence-corrected chi connectivity index (χ2v) is 6.99. The Labute approximate surface area is 166 Å². The van der Waals surface area contributed by atoms with E-state index in [1.807, 2.05) is 30.3 Å². The number of rotatable bonds is 7. The number of nitrogen functional groups attached to an aromatic ring is 1. The van der Waals surface area contributed by atoms with Gasteiger partial charge >= 0.3 is 11.9 Å². The Morgan fingerprint density at radius 3 is 2.59 bits per heavy atom. The normalized spacial score (nSPS) is 12.7. The molecule has 0 aliphatic carbocycles. The molecule has 0 amide bonds. The largest absolute Gasteiger partial charge is 0.480 e. The molecular formula is C20H21N3O6. The van der Waals surface area contributed by atoms with Gasteiger partial charge in [0.1, 0.15) is 17.2 Å². The van der Waals surface area contributed by atoms with Crippen molar-refractivity contribution in [3.8, 4) is 11.5 Å². The van der Waals surface area contributed by atoms with Gasteiger partial charge in [-0.1, -0.05) is 18.2 Å². The topological polar surface area (TPSA) is 151 Å². The zero-order chi connectivity index (χ0) is 21.2. The first kappa shape index (κ1) is 20.3. The molecule has 9 nitrogen and oxygen atoms in total. The summed E-state index contributed by atoms with van der Waals surface area (Å²) in [7, 11) is 0. The summed E-state index contributed by atoms with van der Waals surface area (Å²) in [6, 6.07) is 11.4. The second kappa shape index (κ2) is 7.90. The fourth-order valence-corrected chi connectivity index (χ4v) is 2.71. The molecule has 0 saturated carbocycles. The smallest absolute Gasteiger partial charge is 0.344 e. The highest BCUT2D eigenvalue weighted by Crippen LogP contribution is 2.35. The number of aromatic nitrogens is 1. The maximum Gasteiger partial charge on any atom is 0.344 e. The highest BCUT2D eigenvalue weighted by molar-refractivity contribution is 5.82. The maximum absolute atomic E-state index is 11.7. The van der Waals surface area contributed by atoms with E-state index < -0.39 is 30.0 Å². The minimum Gasteiger partial charge on any atom is -0.480 e. The molecule has 1 unspecified atom stereocenters. The van der Waals surface area contributed by atoms with Gasteiger partial charge in [0.05, 0.1) is 6.42 Å². The highest BCUT2D eigenvalue weighted by atomic mass is 17.2. The Morgan fingerprint density at radius 1 is 1.24 bits per heavy atom. The van der Waals surface area contributed by atoms with Crippen molar-refractivity contribution < 1.29 is 28.9 Å². The minimum atomic E-state index is -1.37. The molecule has 0 bridgehead atoms. The molecule has 1 aromatic heterocycles.